The zero-order valence-electron chi connectivity index (χ0n) is 9.08. The van der Waals surface area contributed by atoms with Crippen LogP contribution < -0.4 is 5.32 Å². The van der Waals surface area contributed by atoms with E-state index in [1.54, 1.807) is 12.1 Å². The monoisotopic (exact) mass is 250 g/mol. The van der Waals surface area contributed by atoms with Crippen molar-refractivity contribution in [1.82, 2.24) is 10.2 Å². The van der Waals surface area contributed by atoms with Gasteiger partial charge in [0.05, 0.1) is 4.92 Å². The quantitative estimate of drug-likeness (QED) is 0.666. The normalized spacial score (nSPS) is 10.2. The summed E-state index contributed by atoms with van der Waals surface area (Å²) in [6.07, 6.45) is 0. The molecular weight excluding hydrogens is 240 g/mol. The van der Waals surface area contributed by atoms with Gasteiger partial charge in [-0.05, 0) is 19.1 Å². The molecule has 0 bridgehead atoms. The number of nitro benzene ring substituents is 1. The highest BCUT2D eigenvalue weighted by Crippen LogP contribution is 2.27. The van der Waals surface area contributed by atoms with Crippen LogP contribution in [-0.4, -0.2) is 21.7 Å². The molecule has 2 aromatic rings. The lowest BCUT2D eigenvalue weighted by Gasteiger charge is -1.95. The van der Waals surface area contributed by atoms with E-state index in [0.717, 1.165) is 22.2 Å². The van der Waals surface area contributed by atoms with Crippen LogP contribution in [-0.2, 0) is 0 Å². The molecule has 0 fully saturated rings. The fourth-order valence-electron chi connectivity index (χ4n) is 1.29. The molecule has 1 heterocycles. The van der Waals surface area contributed by atoms with Crippen LogP contribution in [0.4, 0.5) is 10.8 Å². The van der Waals surface area contributed by atoms with Gasteiger partial charge in [-0.1, -0.05) is 11.3 Å². The molecule has 0 aliphatic rings. The summed E-state index contributed by atoms with van der Waals surface area (Å²) in [6, 6.07) is 6.27. The second-order valence-electron chi connectivity index (χ2n) is 3.25. The topological polar surface area (TPSA) is 81.0 Å². The van der Waals surface area contributed by atoms with Crippen molar-refractivity contribution in [3.8, 4) is 10.6 Å². The average Bonchev–Trinajstić information content (AvgIpc) is 2.78. The largest absolute Gasteiger partial charge is 0.360 e. The molecule has 0 aliphatic carbocycles. The lowest BCUT2D eigenvalue weighted by atomic mass is 10.2. The Balaban J connectivity index is 2.23. The zero-order chi connectivity index (χ0) is 12.3. The first kappa shape index (κ1) is 11.5. The summed E-state index contributed by atoms with van der Waals surface area (Å²) in [6.45, 7) is 2.77. The molecule has 6 nitrogen and oxygen atoms in total. The molecule has 17 heavy (non-hydrogen) atoms. The third-order valence-corrected chi connectivity index (χ3v) is 3.01. The Hall–Kier alpha value is -2.02. The number of nitrogens with one attached hydrogen (secondary N) is 1. The predicted octanol–water partition coefficient (Wildman–Crippen LogP) is 2.55. The molecule has 2 rings (SSSR count). The van der Waals surface area contributed by atoms with Gasteiger partial charge in [0.1, 0.15) is 5.01 Å². The number of nitrogens with zero attached hydrogens (tertiary/aromatic N) is 3. The molecule has 1 N–H and O–H groups in total. The summed E-state index contributed by atoms with van der Waals surface area (Å²) in [5.74, 6) is 0. The number of aromatic nitrogens is 2. The number of nitro groups is 1. The molecule has 0 radical (unpaired) electrons. The second-order valence-corrected chi connectivity index (χ2v) is 4.22. The number of rotatable bonds is 4. The van der Waals surface area contributed by atoms with Crippen LogP contribution in [0, 0.1) is 10.1 Å². The number of anilines is 1. The summed E-state index contributed by atoms with van der Waals surface area (Å²) < 4.78 is 0. The average molecular weight is 250 g/mol. The van der Waals surface area contributed by atoms with Gasteiger partial charge in [0.15, 0.2) is 0 Å². The Morgan fingerprint density at radius 3 is 2.65 bits per heavy atom. The molecule has 1 aromatic heterocycles. The maximum atomic E-state index is 10.5. The first-order chi connectivity index (χ1) is 8.20. The van der Waals surface area contributed by atoms with Gasteiger partial charge in [-0.3, -0.25) is 10.1 Å². The van der Waals surface area contributed by atoms with Crippen LogP contribution in [0.25, 0.3) is 10.6 Å². The summed E-state index contributed by atoms with van der Waals surface area (Å²) in [4.78, 5) is 10.1. The smallest absolute Gasteiger partial charge is 0.269 e. The Labute approximate surface area is 101 Å². The van der Waals surface area contributed by atoms with Crippen LogP contribution in [0.1, 0.15) is 6.92 Å². The van der Waals surface area contributed by atoms with Crippen LogP contribution in [0.5, 0.6) is 0 Å². The van der Waals surface area contributed by atoms with Crippen molar-refractivity contribution in [2.24, 2.45) is 0 Å². The van der Waals surface area contributed by atoms with E-state index >= 15 is 0 Å². The summed E-state index contributed by atoms with van der Waals surface area (Å²) >= 11 is 1.42. The number of hydrogen-bond donors (Lipinski definition) is 1. The predicted molar refractivity (Wildman–Crippen MR) is 66.2 cm³/mol. The molecule has 0 amide bonds. The van der Waals surface area contributed by atoms with Gasteiger partial charge in [0.25, 0.3) is 5.69 Å². The van der Waals surface area contributed by atoms with Crippen molar-refractivity contribution < 1.29 is 4.92 Å². The van der Waals surface area contributed by atoms with E-state index in [0.29, 0.717) is 0 Å². The Morgan fingerprint density at radius 1 is 1.35 bits per heavy atom. The van der Waals surface area contributed by atoms with Gasteiger partial charge in [0.2, 0.25) is 5.13 Å². The first-order valence-corrected chi connectivity index (χ1v) is 5.84. The highest BCUT2D eigenvalue weighted by atomic mass is 32.1. The lowest BCUT2D eigenvalue weighted by molar-refractivity contribution is -0.384. The van der Waals surface area contributed by atoms with Crippen molar-refractivity contribution in [3.05, 3.63) is 34.4 Å². The summed E-state index contributed by atoms with van der Waals surface area (Å²) in [5, 5.41) is 23.0. The number of hydrogen-bond acceptors (Lipinski definition) is 6. The van der Waals surface area contributed by atoms with E-state index < -0.39 is 4.92 Å². The van der Waals surface area contributed by atoms with E-state index in [1.807, 2.05) is 6.92 Å². The Kier molecular flexibility index (Phi) is 3.29. The molecule has 0 atom stereocenters. The van der Waals surface area contributed by atoms with Crippen molar-refractivity contribution in [3.63, 3.8) is 0 Å². The van der Waals surface area contributed by atoms with Gasteiger partial charge in [-0.2, -0.15) is 0 Å². The van der Waals surface area contributed by atoms with Crippen LogP contribution in [0.15, 0.2) is 24.3 Å². The molecule has 0 saturated heterocycles. The van der Waals surface area contributed by atoms with Gasteiger partial charge < -0.3 is 5.32 Å². The van der Waals surface area contributed by atoms with Gasteiger partial charge in [-0.15, -0.1) is 10.2 Å². The third-order valence-electron chi connectivity index (χ3n) is 2.08. The first-order valence-electron chi connectivity index (χ1n) is 5.03. The second kappa shape index (κ2) is 4.88. The zero-order valence-corrected chi connectivity index (χ0v) is 9.90. The minimum absolute atomic E-state index is 0.0742. The molecular formula is C10H10N4O2S. The van der Waals surface area contributed by atoms with Crippen molar-refractivity contribution in [2.45, 2.75) is 6.92 Å². The van der Waals surface area contributed by atoms with Crippen molar-refractivity contribution >= 4 is 22.2 Å². The molecule has 1 aromatic carbocycles. The lowest BCUT2D eigenvalue weighted by Crippen LogP contribution is -1.94. The van der Waals surface area contributed by atoms with Gasteiger partial charge in [0, 0.05) is 24.2 Å². The highest BCUT2D eigenvalue weighted by molar-refractivity contribution is 7.18. The van der Waals surface area contributed by atoms with Crippen molar-refractivity contribution in [2.75, 3.05) is 11.9 Å². The Morgan fingerprint density at radius 2 is 2.06 bits per heavy atom. The summed E-state index contributed by atoms with van der Waals surface area (Å²) in [5.41, 5.74) is 0.905. The third kappa shape index (κ3) is 2.56. The van der Waals surface area contributed by atoms with Crippen LogP contribution in [0.2, 0.25) is 0 Å². The molecule has 0 unspecified atom stereocenters. The van der Waals surface area contributed by atoms with E-state index in [4.69, 9.17) is 0 Å². The molecule has 88 valence electrons. The van der Waals surface area contributed by atoms with Gasteiger partial charge in [-0.25, -0.2) is 0 Å². The SMILES string of the molecule is CCNc1nnc(-c2ccc([N+](=O)[O-])cc2)s1. The number of benzene rings is 1. The molecule has 7 heteroatoms. The van der Waals surface area contributed by atoms with Crippen LogP contribution in [0.3, 0.4) is 0 Å². The maximum absolute atomic E-state index is 10.5. The van der Waals surface area contributed by atoms with E-state index in [9.17, 15) is 10.1 Å². The standard InChI is InChI=1S/C10H10N4O2S/c1-2-11-10-13-12-9(17-10)7-3-5-8(6-4-7)14(15)16/h3-6H,2H2,1H3,(H,11,13). The fourth-order valence-corrected chi connectivity index (χ4v) is 2.11. The maximum Gasteiger partial charge on any atom is 0.269 e. The minimum atomic E-state index is -0.423. The van der Waals surface area contributed by atoms with E-state index in [1.165, 1.54) is 23.5 Å². The highest BCUT2D eigenvalue weighted by Gasteiger charge is 2.08. The van der Waals surface area contributed by atoms with Gasteiger partial charge >= 0.3 is 0 Å². The van der Waals surface area contributed by atoms with Crippen LogP contribution >= 0.6 is 11.3 Å². The van der Waals surface area contributed by atoms with E-state index in [2.05, 4.69) is 15.5 Å². The molecule has 0 aliphatic heterocycles. The molecule has 0 saturated carbocycles. The number of non-ortho nitro benzene ring substituents is 1. The van der Waals surface area contributed by atoms with E-state index in [-0.39, 0.29) is 5.69 Å². The molecule has 0 spiro atoms. The Bertz CT molecular complexity index is 523. The van der Waals surface area contributed by atoms with Crippen molar-refractivity contribution in [1.29, 1.82) is 0 Å². The summed E-state index contributed by atoms with van der Waals surface area (Å²) in [7, 11) is 0. The fraction of sp³-hybridized carbons (Fsp3) is 0.200. The minimum Gasteiger partial charge on any atom is -0.360 e.